The Morgan fingerprint density at radius 2 is 1.80 bits per heavy atom. The predicted molar refractivity (Wildman–Crippen MR) is 102 cm³/mol. The van der Waals surface area contributed by atoms with E-state index in [-0.39, 0.29) is 0 Å². The van der Waals surface area contributed by atoms with E-state index < -0.39 is 0 Å². The van der Waals surface area contributed by atoms with Crippen LogP contribution in [0.1, 0.15) is 16.7 Å². The van der Waals surface area contributed by atoms with E-state index in [1.807, 2.05) is 25.2 Å². The Morgan fingerprint density at radius 3 is 2.44 bits per heavy atom. The molecule has 0 heterocycles. The molecule has 0 spiro atoms. The van der Waals surface area contributed by atoms with Gasteiger partial charge < -0.3 is 19.7 Å². The molecule has 0 amide bonds. The highest BCUT2D eigenvalue weighted by Crippen LogP contribution is 2.27. The molecular weight excluding hydrogens is 314 g/mol. The fourth-order valence-electron chi connectivity index (χ4n) is 2.67. The average molecular weight is 341 g/mol. The van der Waals surface area contributed by atoms with Gasteiger partial charge in [0.05, 0.1) is 14.2 Å². The number of aliphatic imine (C=N–C) groups is 1. The molecule has 0 fully saturated rings. The second-order valence-corrected chi connectivity index (χ2v) is 5.87. The maximum absolute atomic E-state index is 5.36. The molecule has 0 saturated carbocycles. The minimum absolute atomic E-state index is 0.658. The predicted octanol–water partition coefficient (Wildman–Crippen LogP) is 3.22. The second kappa shape index (κ2) is 8.97. The van der Waals surface area contributed by atoms with Gasteiger partial charge in [-0.25, -0.2) is 0 Å². The summed E-state index contributed by atoms with van der Waals surface area (Å²) < 4.78 is 10.6. The first kappa shape index (κ1) is 18.6. The Kier molecular flexibility index (Phi) is 6.69. The van der Waals surface area contributed by atoms with Gasteiger partial charge in [-0.2, -0.15) is 0 Å². The van der Waals surface area contributed by atoms with Crippen molar-refractivity contribution in [2.45, 2.75) is 20.0 Å². The van der Waals surface area contributed by atoms with Crippen LogP contribution >= 0.6 is 0 Å². The number of methoxy groups -OCH3 is 2. The molecule has 0 saturated heterocycles. The summed E-state index contributed by atoms with van der Waals surface area (Å²) >= 11 is 0. The number of nitrogens with one attached hydrogen (secondary N) is 1. The second-order valence-electron chi connectivity index (χ2n) is 5.87. The maximum atomic E-state index is 5.36. The van der Waals surface area contributed by atoms with Crippen molar-refractivity contribution in [3.63, 3.8) is 0 Å². The first-order valence-electron chi connectivity index (χ1n) is 8.26. The van der Waals surface area contributed by atoms with Crippen molar-refractivity contribution in [3.05, 3.63) is 59.2 Å². The lowest BCUT2D eigenvalue weighted by molar-refractivity contribution is 0.354. The molecule has 2 aromatic carbocycles. The fourth-order valence-corrected chi connectivity index (χ4v) is 2.67. The molecule has 1 N–H and O–H groups in total. The van der Waals surface area contributed by atoms with Gasteiger partial charge in [-0.15, -0.1) is 0 Å². The third-order valence-electron chi connectivity index (χ3n) is 4.14. The molecule has 5 nitrogen and oxygen atoms in total. The number of rotatable bonds is 6. The van der Waals surface area contributed by atoms with Gasteiger partial charge in [0.25, 0.3) is 0 Å². The smallest absolute Gasteiger partial charge is 0.193 e. The summed E-state index contributed by atoms with van der Waals surface area (Å²) in [5.41, 5.74) is 3.67. The zero-order valence-corrected chi connectivity index (χ0v) is 15.7. The van der Waals surface area contributed by atoms with Gasteiger partial charge in [-0.05, 0) is 35.7 Å². The highest BCUT2D eigenvalue weighted by atomic mass is 16.5. The maximum Gasteiger partial charge on any atom is 0.193 e. The summed E-state index contributed by atoms with van der Waals surface area (Å²) in [4.78, 5) is 6.49. The molecule has 0 aliphatic carbocycles. The zero-order valence-electron chi connectivity index (χ0n) is 15.7. The number of ether oxygens (including phenoxy) is 2. The quantitative estimate of drug-likeness (QED) is 0.647. The van der Waals surface area contributed by atoms with Crippen LogP contribution in [0.5, 0.6) is 11.5 Å². The number of benzene rings is 2. The van der Waals surface area contributed by atoms with Gasteiger partial charge in [0.15, 0.2) is 17.5 Å². The van der Waals surface area contributed by atoms with Crippen LogP contribution in [0.3, 0.4) is 0 Å². The molecule has 0 bridgehead atoms. The molecule has 5 heteroatoms. The Balaban J connectivity index is 2.01. The molecular formula is C20H27N3O2. The zero-order chi connectivity index (χ0) is 18.2. The molecule has 25 heavy (non-hydrogen) atoms. The highest BCUT2D eigenvalue weighted by Gasteiger charge is 2.09. The molecule has 0 unspecified atom stereocenters. The van der Waals surface area contributed by atoms with Crippen LogP contribution in [0, 0.1) is 6.92 Å². The van der Waals surface area contributed by atoms with E-state index in [9.17, 15) is 0 Å². The number of hydrogen-bond donors (Lipinski definition) is 1. The van der Waals surface area contributed by atoms with Crippen molar-refractivity contribution >= 4 is 5.96 Å². The van der Waals surface area contributed by atoms with Gasteiger partial charge >= 0.3 is 0 Å². The third-order valence-corrected chi connectivity index (χ3v) is 4.14. The molecule has 0 aromatic heterocycles. The van der Waals surface area contributed by atoms with Crippen LogP contribution in [-0.4, -0.2) is 39.2 Å². The molecule has 2 rings (SSSR count). The molecule has 2 aromatic rings. The molecule has 0 aliphatic heterocycles. The van der Waals surface area contributed by atoms with E-state index >= 15 is 0 Å². The Morgan fingerprint density at radius 1 is 1.08 bits per heavy atom. The van der Waals surface area contributed by atoms with Gasteiger partial charge in [0, 0.05) is 27.2 Å². The third kappa shape index (κ3) is 4.89. The average Bonchev–Trinajstić information content (AvgIpc) is 2.63. The van der Waals surface area contributed by atoms with Gasteiger partial charge in [-0.3, -0.25) is 4.99 Å². The van der Waals surface area contributed by atoms with E-state index in [0.717, 1.165) is 29.6 Å². The van der Waals surface area contributed by atoms with Crippen LogP contribution in [-0.2, 0) is 13.1 Å². The summed E-state index contributed by atoms with van der Waals surface area (Å²) in [6.45, 7) is 3.59. The van der Waals surface area contributed by atoms with Crippen LogP contribution < -0.4 is 14.8 Å². The van der Waals surface area contributed by atoms with Crippen LogP contribution in [0.15, 0.2) is 47.5 Å². The standard InChI is InChI=1S/C20H27N3O2/c1-15-8-6-7-9-17(15)14-23(3)20(21-2)22-13-16-10-11-18(24-4)19(12-16)25-5/h6-12H,13-14H2,1-5H3,(H,21,22). The Labute approximate surface area is 150 Å². The largest absolute Gasteiger partial charge is 0.493 e. The summed E-state index contributed by atoms with van der Waals surface area (Å²) in [6, 6.07) is 14.3. The van der Waals surface area contributed by atoms with Crippen molar-refractivity contribution < 1.29 is 9.47 Å². The van der Waals surface area contributed by atoms with Crippen molar-refractivity contribution in [1.29, 1.82) is 0 Å². The van der Waals surface area contributed by atoms with E-state index in [2.05, 4.69) is 46.4 Å². The van der Waals surface area contributed by atoms with Gasteiger partial charge in [0.2, 0.25) is 0 Å². The minimum Gasteiger partial charge on any atom is -0.493 e. The molecule has 0 atom stereocenters. The van der Waals surface area contributed by atoms with Gasteiger partial charge in [-0.1, -0.05) is 30.3 Å². The lowest BCUT2D eigenvalue weighted by atomic mass is 10.1. The lowest BCUT2D eigenvalue weighted by Gasteiger charge is -2.23. The van der Waals surface area contributed by atoms with E-state index in [1.165, 1.54) is 11.1 Å². The highest BCUT2D eigenvalue weighted by molar-refractivity contribution is 5.79. The van der Waals surface area contributed by atoms with Crippen LogP contribution in [0.25, 0.3) is 0 Å². The monoisotopic (exact) mass is 341 g/mol. The van der Waals surface area contributed by atoms with Crippen molar-refractivity contribution in [2.24, 2.45) is 4.99 Å². The number of nitrogens with zero attached hydrogens (tertiary/aromatic N) is 2. The molecule has 134 valence electrons. The SMILES string of the molecule is CN=C(NCc1ccc(OC)c(OC)c1)N(C)Cc1ccccc1C. The van der Waals surface area contributed by atoms with Crippen LogP contribution in [0.4, 0.5) is 0 Å². The minimum atomic E-state index is 0.658. The fraction of sp³-hybridized carbons (Fsp3) is 0.350. The summed E-state index contributed by atoms with van der Waals surface area (Å²) in [7, 11) is 7.11. The number of guanidine groups is 1. The van der Waals surface area contributed by atoms with E-state index in [1.54, 1.807) is 21.3 Å². The topological polar surface area (TPSA) is 46.1 Å². The van der Waals surface area contributed by atoms with Crippen molar-refractivity contribution in [2.75, 3.05) is 28.3 Å². The van der Waals surface area contributed by atoms with Crippen molar-refractivity contribution in [1.82, 2.24) is 10.2 Å². The molecule has 0 aliphatic rings. The first-order valence-corrected chi connectivity index (χ1v) is 8.26. The summed E-state index contributed by atoms with van der Waals surface area (Å²) in [5, 5.41) is 3.39. The number of hydrogen-bond acceptors (Lipinski definition) is 3. The number of aryl methyl sites for hydroxylation is 1. The lowest BCUT2D eigenvalue weighted by Crippen LogP contribution is -2.38. The van der Waals surface area contributed by atoms with Crippen LogP contribution in [0.2, 0.25) is 0 Å². The summed E-state index contributed by atoms with van der Waals surface area (Å²) in [5.74, 6) is 2.30. The van der Waals surface area contributed by atoms with Gasteiger partial charge in [0.1, 0.15) is 0 Å². The van der Waals surface area contributed by atoms with Crippen molar-refractivity contribution in [3.8, 4) is 11.5 Å². The van der Waals surface area contributed by atoms with E-state index in [0.29, 0.717) is 6.54 Å². The Bertz CT molecular complexity index is 729. The van der Waals surface area contributed by atoms with E-state index in [4.69, 9.17) is 9.47 Å². The molecule has 0 radical (unpaired) electrons. The first-order chi connectivity index (χ1) is 12.1. The Hall–Kier alpha value is -2.69. The normalized spacial score (nSPS) is 11.2. The summed E-state index contributed by atoms with van der Waals surface area (Å²) in [6.07, 6.45) is 0.